The van der Waals surface area contributed by atoms with Crippen molar-refractivity contribution in [2.45, 2.75) is 25.8 Å². The van der Waals surface area contributed by atoms with Gasteiger partial charge in [0.25, 0.3) is 0 Å². The minimum Gasteiger partial charge on any atom is -0.325 e. The van der Waals surface area contributed by atoms with Gasteiger partial charge >= 0.3 is 0 Å². The number of hydrogen-bond donors (Lipinski definition) is 1. The first-order valence-corrected chi connectivity index (χ1v) is 10.1. The quantitative estimate of drug-likeness (QED) is 0.509. The SMILES string of the molecule is Cc1cc(C)c(NC(=O)CSc2ccc3nnc(-c4ccncc4)n3n2)c(C)c1. The highest BCUT2D eigenvalue weighted by Gasteiger charge is 2.12. The minimum atomic E-state index is -0.0648. The highest BCUT2D eigenvalue weighted by molar-refractivity contribution is 7.99. The number of aryl methyl sites for hydroxylation is 3. The Morgan fingerprint density at radius 2 is 1.76 bits per heavy atom. The van der Waals surface area contributed by atoms with Crippen LogP contribution in [0.5, 0.6) is 0 Å². The average molecular weight is 404 g/mol. The molecule has 0 atom stereocenters. The molecule has 0 radical (unpaired) electrons. The number of benzene rings is 1. The van der Waals surface area contributed by atoms with Gasteiger partial charge in [0.05, 0.1) is 5.75 Å². The molecule has 0 unspecified atom stereocenters. The maximum atomic E-state index is 12.5. The van der Waals surface area contributed by atoms with E-state index < -0.39 is 0 Å². The predicted molar refractivity (Wildman–Crippen MR) is 114 cm³/mol. The second kappa shape index (κ2) is 8.00. The molecule has 0 saturated carbocycles. The van der Waals surface area contributed by atoms with E-state index in [1.165, 1.54) is 17.3 Å². The summed E-state index contributed by atoms with van der Waals surface area (Å²) in [5.74, 6) is 0.836. The second-order valence-corrected chi connectivity index (χ2v) is 7.81. The third-order valence-electron chi connectivity index (χ3n) is 4.47. The minimum absolute atomic E-state index is 0.0648. The molecule has 0 fully saturated rings. The number of aromatic nitrogens is 5. The molecule has 3 heterocycles. The van der Waals surface area contributed by atoms with Crippen LogP contribution in [0.2, 0.25) is 0 Å². The number of pyridine rings is 1. The Hall–Kier alpha value is -3.26. The Kier molecular flexibility index (Phi) is 5.26. The summed E-state index contributed by atoms with van der Waals surface area (Å²) < 4.78 is 1.68. The summed E-state index contributed by atoms with van der Waals surface area (Å²) in [5, 5.41) is 16.7. The Bertz CT molecular complexity index is 1170. The molecule has 29 heavy (non-hydrogen) atoms. The number of carbonyl (C=O) groups excluding carboxylic acids is 1. The van der Waals surface area contributed by atoms with Crippen LogP contribution < -0.4 is 5.32 Å². The standard InChI is InChI=1S/C21H20N6OS/c1-13-10-14(2)20(15(3)11-13)23-18(28)12-29-19-5-4-17-24-25-21(27(17)26-19)16-6-8-22-9-7-16/h4-11H,12H2,1-3H3,(H,23,28). The number of nitrogens with one attached hydrogen (secondary N) is 1. The zero-order valence-electron chi connectivity index (χ0n) is 16.4. The molecule has 1 aromatic carbocycles. The second-order valence-electron chi connectivity index (χ2n) is 6.81. The number of carbonyl (C=O) groups is 1. The Morgan fingerprint density at radius 1 is 1.03 bits per heavy atom. The zero-order chi connectivity index (χ0) is 20.4. The van der Waals surface area contributed by atoms with Gasteiger partial charge < -0.3 is 5.32 Å². The lowest BCUT2D eigenvalue weighted by Gasteiger charge is -2.12. The van der Waals surface area contributed by atoms with Crippen molar-refractivity contribution in [1.29, 1.82) is 0 Å². The van der Waals surface area contributed by atoms with Crippen LogP contribution in [-0.4, -0.2) is 36.5 Å². The van der Waals surface area contributed by atoms with Crippen molar-refractivity contribution in [2.75, 3.05) is 11.1 Å². The molecule has 4 rings (SSSR count). The molecule has 0 aliphatic carbocycles. The van der Waals surface area contributed by atoms with Crippen molar-refractivity contribution < 1.29 is 4.79 Å². The van der Waals surface area contributed by atoms with Crippen LogP contribution in [0.15, 0.2) is 53.8 Å². The number of thioether (sulfide) groups is 1. The molecule has 0 aliphatic heterocycles. The number of nitrogens with zero attached hydrogens (tertiary/aromatic N) is 5. The van der Waals surface area contributed by atoms with E-state index in [-0.39, 0.29) is 11.7 Å². The fourth-order valence-corrected chi connectivity index (χ4v) is 3.88. The van der Waals surface area contributed by atoms with Gasteiger partial charge in [0.15, 0.2) is 11.5 Å². The molecule has 0 bridgehead atoms. The third-order valence-corrected chi connectivity index (χ3v) is 5.39. The van der Waals surface area contributed by atoms with Crippen LogP contribution in [0.4, 0.5) is 5.69 Å². The first-order chi connectivity index (χ1) is 14.0. The lowest BCUT2D eigenvalue weighted by molar-refractivity contribution is -0.113. The summed E-state index contributed by atoms with van der Waals surface area (Å²) in [6.07, 6.45) is 3.41. The Labute approximate surface area is 172 Å². The van der Waals surface area contributed by atoms with Crippen LogP contribution in [0.25, 0.3) is 17.0 Å². The summed E-state index contributed by atoms with van der Waals surface area (Å²) in [6, 6.07) is 11.5. The lowest BCUT2D eigenvalue weighted by Crippen LogP contribution is -2.16. The normalized spacial score (nSPS) is 11.0. The highest BCUT2D eigenvalue weighted by atomic mass is 32.2. The van der Waals surface area contributed by atoms with Gasteiger partial charge in [-0.05, 0) is 56.2 Å². The number of fused-ring (bicyclic) bond motifs is 1. The first-order valence-electron chi connectivity index (χ1n) is 9.14. The number of rotatable bonds is 5. The van der Waals surface area contributed by atoms with E-state index in [0.29, 0.717) is 11.5 Å². The molecule has 0 spiro atoms. The maximum absolute atomic E-state index is 12.5. The van der Waals surface area contributed by atoms with E-state index in [0.717, 1.165) is 27.4 Å². The summed E-state index contributed by atoms with van der Waals surface area (Å²) in [7, 11) is 0. The fourth-order valence-electron chi connectivity index (χ4n) is 3.22. The molecule has 4 aromatic rings. The molecule has 0 aliphatic rings. The maximum Gasteiger partial charge on any atom is 0.234 e. The molecule has 3 aromatic heterocycles. The van der Waals surface area contributed by atoms with Crippen molar-refractivity contribution in [3.63, 3.8) is 0 Å². The van der Waals surface area contributed by atoms with Crippen LogP contribution in [-0.2, 0) is 4.79 Å². The van der Waals surface area contributed by atoms with Gasteiger partial charge in [-0.2, -0.15) is 9.61 Å². The van der Waals surface area contributed by atoms with E-state index in [1.807, 2.05) is 38.1 Å². The average Bonchev–Trinajstić information content (AvgIpc) is 3.13. The molecule has 1 N–H and O–H groups in total. The van der Waals surface area contributed by atoms with Crippen molar-refractivity contribution in [2.24, 2.45) is 0 Å². The van der Waals surface area contributed by atoms with Crippen molar-refractivity contribution >= 4 is 29.0 Å². The monoisotopic (exact) mass is 404 g/mol. The van der Waals surface area contributed by atoms with Gasteiger partial charge in [-0.3, -0.25) is 9.78 Å². The van der Waals surface area contributed by atoms with Gasteiger partial charge in [-0.25, -0.2) is 0 Å². The molecular weight excluding hydrogens is 384 g/mol. The summed E-state index contributed by atoms with van der Waals surface area (Å²) in [6.45, 7) is 6.06. The lowest BCUT2D eigenvalue weighted by atomic mass is 10.1. The van der Waals surface area contributed by atoms with Crippen molar-refractivity contribution in [1.82, 2.24) is 24.8 Å². The van der Waals surface area contributed by atoms with Crippen LogP contribution in [0.3, 0.4) is 0 Å². The molecule has 7 nitrogen and oxygen atoms in total. The summed E-state index contributed by atoms with van der Waals surface area (Å²) in [4.78, 5) is 16.5. The Morgan fingerprint density at radius 3 is 2.48 bits per heavy atom. The molecule has 146 valence electrons. The highest BCUT2D eigenvalue weighted by Crippen LogP contribution is 2.23. The van der Waals surface area contributed by atoms with Gasteiger partial charge in [0, 0.05) is 23.6 Å². The number of hydrogen-bond acceptors (Lipinski definition) is 6. The Balaban J connectivity index is 1.49. The predicted octanol–water partition coefficient (Wildman–Crippen LogP) is 3.84. The van der Waals surface area contributed by atoms with Crippen LogP contribution in [0, 0.1) is 20.8 Å². The fraction of sp³-hybridized carbons (Fsp3) is 0.190. The van der Waals surface area contributed by atoms with E-state index >= 15 is 0 Å². The number of amides is 1. The topological polar surface area (TPSA) is 85.1 Å². The largest absolute Gasteiger partial charge is 0.325 e. The molecular formula is C21H20N6OS. The van der Waals surface area contributed by atoms with Crippen LogP contribution >= 0.6 is 11.8 Å². The van der Waals surface area contributed by atoms with Gasteiger partial charge in [-0.1, -0.05) is 29.5 Å². The van der Waals surface area contributed by atoms with Gasteiger partial charge in [0.2, 0.25) is 5.91 Å². The van der Waals surface area contributed by atoms with Gasteiger partial charge in [-0.15, -0.1) is 10.2 Å². The molecule has 1 amide bonds. The van der Waals surface area contributed by atoms with Crippen molar-refractivity contribution in [3.05, 3.63) is 65.5 Å². The summed E-state index contributed by atoms with van der Waals surface area (Å²) in [5.41, 5.74) is 5.72. The van der Waals surface area contributed by atoms with E-state index in [2.05, 4.69) is 44.7 Å². The third kappa shape index (κ3) is 4.12. The first kappa shape index (κ1) is 19.1. The van der Waals surface area contributed by atoms with E-state index in [4.69, 9.17) is 0 Å². The van der Waals surface area contributed by atoms with E-state index in [9.17, 15) is 4.79 Å². The zero-order valence-corrected chi connectivity index (χ0v) is 17.2. The van der Waals surface area contributed by atoms with Crippen molar-refractivity contribution in [3.8, 4) is 11.4 Å². The van der Waals surface area contributed by atoms with E-state index in [1.54, 1.807) is 16.9 Å². The molecule has 8 heteroatoms. The van der Waals surface area contributed by atoms with Gasteiger partial charge in [0.1, 0.15) is 5.03 Å². The molecule has 0 saturated heterocycles. The number of anilines is 1. The summed E-state index contributed by atoms with van der Waals surface area (Å²) >= 11 is 1.37. The smallest absolute Gasteiger partial charge is 0.234 e. The van der Waals surface area contributed by atoms with Crippen LogP contribution in [0.1, 0.15) is 16.7 Å².